The first-order chi connectivity index (χ1) is 11.5. The van der Waals surface area contributed by atoms with Gasteiger partial charge in [-0.05, 0) is 45.9 Å². The highest BCUT2D eigenvalue weighted by atomic mass is 32.2. The summed E-state index contributed by atoms with van der Waals surface area (Å²) in [6, 6.07) is 4.61. The van der Waals surface area contributed by atoms with E-state index in [1.807, 2.05) is 27.7 Å². The Morgan fingerprint density at radius 3 is 2.24 bits per heavy atom. The first-order valence-corrected chi connectivity index (χ1v) is 10.5. The van der Waals surface area contributed by atoms with Gasteiger partial charge in [-0.25, -0.2) is 13.4 Å². The van der Waals surface area contributed by atoms with Gasteiger partial charge in [-0.15, -0.1) is 0 Å². The molecule has 0 atom stereocenters. The van der Waals surface area contributed by atoms with Crippen LogP contribution < -0.4 is 5.32 Å². The van der Waals surface area contributed by atoms with Crippen LogP contribution in [0.3, 0.4) is 0 Å². The minimum atomic E-state index is -3.59. The zero-order chi connectivity index (χ0) is 18.9. The van der Waals surface area contributed by atoms with Crippen LogP contribution >= 0.6 is 11.3 Å². The fourth-order valence-corrected chi connectivity index (χ4v) is 5.48. The average molecular weight is 384 g/mol. The lowest BCUT2D eigenvalue weighted by Crippen LogP contribution is -2.41. The van der Waals surface area contributed by atoms with Crippen molar-refractivity contribution in [3.8, 4) is 0 Å². The predicted molar refractivity (Wildman–Crippen MR) is 102 cm³/mol. The van der Waals surface area contributed by atoms with E-state index in [0.29, 0.717) is 10.6 Å². The van der Waals surface area contributed by atoms with Crippen molar-refractivity contribution in [1.82, 2.24) is 9.29 Å². The van der Waals surface area contributed by atoms with Crippen molar-refractivity contribution in [3.63, 3.8) is 0 Å². The fourth-order valence-electron chi connectivity index (χ4n) is 2.64. The third kappa shape index (κ3) is 4.19. The maximum absolute atomic E-state index is 13.0. The van der Waals surface area contributed by atoms with Crippen molar-refractivity contribution in [3.05, 3.63) is 18.2 Å². The molecule has 138 valence electrons. The molecule has 0 fully saturated rings. The molecule has 2 aromatic rings. The molecule has 1 aromatic heterocycles. The Kier molecular flexibility index (Phi) is 5.86. The number of hydrogen-bond acceptors (Lipinski definition) is 5. The lowest BCUT2D eigenvalue weighted by molar-refractivity contribution is -0.118. The molecule has 0 saturated heterocycles. The van der Waals surface area contributed by atoms with Crippen molar-refractivity contribution in [2.24, 2.45) is 5.92 Å². The maximum Gasteiger partial charge on any atom is 0.243 e. The summed E-state index contributed by atoms with van der Waals surface area (Å²) >= 11 is 1.28. The summed E-state index contributed by atoms with van der Waals surface area (Å²) in [5, 5.41) is 3.24. The molecular formula is C17H25N3O3S2. The van der Waals surface area contributed by atoms with Crippen LogP contribution in [-0.4, -0.2) is 35.7 Å². The molecule has 0 spiro atoms. The fraction of sp³-hybridized carbons (Fsp3) is 0.529. The second-order valence-corrected chi connectivity index (χ2v) is 9.69. The SMILES string of the molecule is CC(C)C(=O)Nc1nc2ccc(S(=O)(=O)N(C(C)C)C(C)C)cc2s1. The van der Waals surface area contributed by atoms with Gasteiger partial charge in [0, 0.05) is 18.0 Å². The second-order valence-electron chi connectivity index (χ2n) is 6.81. The highest BCUT2D eigenvalue weighted by Gasteiger charge is 2.29. The number of rotatable bonds is 6. The maximum atomic E-state index is 13.0. The van der Waals surface area contributed by atoms with E-state index in [1.165, 1.54) is 15.6 Å². The molecular weight excluding hydrogens is 358 g/mol. The number of thiazole rings is 1. The van der Waals surface area contributed by atoms with Crippen LogP contribution in [0.5, 0.6) is 0 Å². The summed E-state index contributed by atoms with van der Waals surface area (Å²) in [5.74, 6) is -0.258. The number of carbonyl (C=O) groups is 1. The molecule has 0 aliphatic heterocycles. The number of amides is 1. The predicted octanol–water partition coefficient (Wildman–Crippen LogP) is 3.70. The Labute approximate surface area is 153 Å². The van der Waals surface area contributed by atoms with E-state index in [1.54, 1.807) is 32.0 Å². The lowest BCUT2D eigenvalue weighted by atomic mass is 10.2. The molecule has 0 aliphatic carbocycles. The Morgan fingerprint density at radius 2 is 1.72 bits per heavy atom. The number of sulfonamides is 1. The van der Waals surface area contributed by atoms with Crippen LogP contribution in [0.2, 0.25) is 0 Å². The van der Waals surface area contributed by atoms with Crippen molar-refractivity contribution in [2.45, 2.75) is 58.5 Å². The summed E-state index contributed by atoms with van der Waals surface area (Å²) in [7, 11) is -3.59. The summed E-state index contributed by atoms with van der Waals surface area (Å²) in [6.45, 7) is 11.1. The van der Waals surface area contributed by atoms with E-state index in [9.17, 15) is 13.2 Å². The third-order valence-corrected chi connectivity index (χ3v) is 6.89. The molecule has 0 bridgehead atoms. The van der Waals surface area contributed by atoms with E-state index in [2.05, 4.69) is 10.3 Å². The molecule has 1 aromatic carbocycles. The smallest absolute Gasteiger partial charge is 0.243 e. The normalized spacial score (nSPS) is 12.7. The van der Waals surface area contributed by atoms with E-state index in [-0.39, 0.29) is 28.8 Å². The Balaban J connectivity index is 2.42. The number of hydrogen-bond donors (Lipinski definition) is 1. The van der Waals surface area contributed by atoms with Gasteiger partial charge in [0.05, 0.1) is 15.1 Å². The first-order valence-electron chi connectivity index (χ1n) is 8.29. The van der Waals surface area contributed by atoms with E-state index in [0.717, 1.165) is 4.70 Å². The Bertz CT molecular complexity index is 862. The van der Waals surface area contributed by atoms with Gasteiger partial charge in [0.1, 0.15) is 0 Å². The van der Waals surface area contributed by atoms with Crippen molar-refractivity contribution < 1.29 is 13.2 Å². The van der Waals surface area contributed by atoms with Gasteiger partial charge in [-0.2, -0.15) is 4.31 Å². The van der Waals surface area contributed by atoms with Crippen LogP contribution in [0, 0.1) is 5.92 Å². The van der Waals surface area contributed by atoms with Gasteiger partial charge >= 0.3 is 0 Å². The molecule has 0 unspecified atom stereocenters. The molecule has 2 rings (SSSR count). The quantitative estimate of drug-likeness (QED) is 0.825. The second kappa shape index (κ2) is 7.39. The lowest BCUT2D eigenvalue weighted by Gasteiger charge is -2.29. The number of benzene rings is 1. The van der Waals surface area contributed by atoms with Crippen LogP contribution in [0.1, 0.15) is 41.5 Å². The van der Waals surface area contributed by atoms with Crippen LogP contribution in [-0.2, 0) is 14.8 Å². The highest BCUT2D eigenvalue weighted by Crippen LogP contribution is 2.30. The molecule has 0 aliphatic rings. The zero-order valence-electron chi connectivity index (χ0n) is 15.4. The minimum Gasteiger partial charge on any atom is -0.302 e. The van der Waals surface area contributed by atoms with E-state index < -0.39 is 10.0 Å². The van der Waals surface area contributed by atoms with E-state index in [4.69, 9.17) is 0 Å². The third-order valence-electron chi connectivity index (χ3n) is 3.71. The topological polar surface area (TPSA) is 79.4 Å². The number of fused-ring (bicyclic) bond motifs is 1. The van der Waals surface area contributed by atoms with Crippen molar-refractivity contribution in [1.29, 1.82) is 0 Å². The number of nitrogens with zero attached hydrogens (tertiary/aromatic N) is 2. The van der Waals surface area contributed by atoms with Gasteiger partial charge < -0.3 is 5.32 Å². The molecule has 8 heteroatoms. The number of carbonyl (C=O) groups excluding carboxylic acids is 1. The number of anilines is 1. The van der Waals surface area contributed by atoms with Crippen LogP contribution in [0.4, 0.5) is 5.13 Å². The largest absolute Gasteiger partial charge is 0.302 e. The Morgan fingerprint density at radius 1 is 1.12 bits per heavy atom. The molecule has 1 N–H and O–H groups in total. The molecule has 0 saturated carbocycles. The number of nitrogens with one attached hydrogen (secondary N) is 1. The van der Waals surface area contributed by atoms with Crippen molar-refractivity contribution in [2.75, 3.05) is 5.32 Å². The molecule has 1 heterocycles. The van der Waals surface area contributed by atoms with Gasteiger partial charge in [0.25, 0.3) is 0 Å². The molecule has 0 radical (unpaired) electrons. The minimum absolute atomic E-state index is 0.113. The van der Waals surface area contributed by atoms with Gasteiger partial charge in [0.2, 0.25) is 15.9 Å². The summed E-state index contributed by atoms with van der Waals surface area (Å²) < 4.78 is 28.2. The summed E-state index contributed by atoms with van der Waals surface area (Å²) in [4.78, 5) is 16.4. The summed E-state index contributed by atoms with van der Waals surface area (Å²) in [5.41, 5.74) is 0.670. The monoisotopic (exact) mass is 383 g/mol. The van der Waals surface area contributed by atoms with E-state index >= 15 is 0 Å². The van der Waals surface area contributed by atoms with Crippen LogP contribution in [0.15, 0.2) is 23.1 Å². The Hall–Kier alpha value is -1.51. The molecule has 25 heavy (non-hydrogen) atoms. The van der Waals surface area contributed by atoms with Gasteiger partial charge in [0.15, 0.2) is 5.13 Å². The van der Waals surface area contributed by atoms with Gasteiger partial charge in [-0.1, -0.05) is 25.2 Å². The molecule has 6 nitrogen and oxygen atoms in total. The summed E-state index contributed by atoms with van der Waals surface area (Å²) in [6.07, 6.45) is 0. The standard InChI is InChI=1S/C17H25N3O3S2/c1-10(2)16(21)19-17-18-14-8-7-13(9-15(14)24-17)25(22,23)20(11(3)4)12(5)6/h7-12H,1-6H3,(H,18,19,21). The van der Waals surface area contributed by atoms with Gasteiger partial charge in [-0.3, -0.25) is 4.79 Å². The van der Waals surface area contributed by atoms with Crippen LogP contribution in [0.25, 0.3) is 10.2 Å². The van der Waals surface area contributed by atoms with Crippen molar-refractivity contribution >= 4 is 42.6 Å². The highest BCUT2D eigenvalue weighted by molar-refractivity contribution is 7.89. The molecule has 1 amide bonds. The number of aromatic nitrogens is 1. The average Bonchev–Trinajstić information content (AvgIpc) is 2.86. The first kappa shape index (κ1) is 19.8. The zero-order valence-corrected chi connectivity index (χ0v) is 17.0.